The molecule has 7 heteroatoms. The summed E-state index contributed by atoms with van der Waals surface area (Å²) in [6, 6.07) is 19.4. The Kier molecular flexibility index (Phi) is 7.82. The van der Waals surface area contributed by atoms with E-state index in [4.69, 9.17) is 14.2 Å². The molecule has 1 saturated heterocycles. The highest BCUT2D eigenvalue weighted by Gasteiger charge is 2.46. The second-order valence-electron chi connectivity index (χ2n) is 8.86. The number of hydrogen-bond donors (Lipinski definition) is 1. The van der Waals surface area contributed by atoms with E-state index in [0.717, 1.165) is 11.1 Å². The average molecular weight is 502 g/mol. The molecule has 7 nitrogen and oxygen atoms in total. The molecule has 0 radical (unpaired) electrons. The largest absolute Gasteiger partial charge is 0.507 e. The Balaban J connectivity index is 1.80. The fourth-order valence-electron chi connectivity index (χ4n) is 4.59. The van der Waals surface area contributed by atoms with Gasteiger partial charge in [-0.15, -0.1) is 0 Å². The fraction of sp³-hybridized carbons (Fsp3) is 0.267. The van der Waals surface area contributed by atoms with Crippen LogP contribution in [0.15, 0.2) is 72.3 Å². The van der Waals surface area contributed by atoms with Crippen molar-refractivity contribution in [3.05, 3.63) is 94.6 Å². The van der Waals surface area contributed by atoms with Gasteiger partial charge in [0.1, 0.15) is 18.1 Å². The summed E-state index contributed by atoms with van der Waals surface area (Å²) >= 11 is 0. The summed E-state index contributed by atoms with van der Waals surface area (Å²) in [5, 5.41) is 11.3. The predicted molar refractivity (Wildman–Crippen MR) is 141 cm³/mol. The molecule has 3 aromatic carbocycles. The SMILES string of the molecule is CCCN1C(=O)C(=O)/C(=C(\O)c2ccc(OC)c(C)c2)C1c1ccc(OC)c(OCc2ccccc2)c1. The lowest BCUT2D eigenvalue weighted by Gasteiger charge is -2.25. The minimum Gasteiger partial charge on any atom is -0.507 e. The quantitative estimate of drug-likeness (QED) is 0.239. The first-order valence-electron chi connectivity index (χ1n) is 12.2. The first-order chi connectivity index (χ1) is 17.9. The Morgan fingerprint density at radius 2 is 1.62 bits per heavy atom. The Morgan fingerprint density at radius 1 is 0.919 bits per heavy atom. The van der Waals surface area contributed by atoms with Crippen molar-refractivity contribution in [3.63, 3.8) is 0 Å². The molecular formula is C30H31NO6. The molecule has 1 atom stereocenters. The zero-order valence-electron chi connectivity index (χ0n) is 21.5. The van der Waals surface area contributed by atoms with E-state index < -0.39 is 17.7 Å². The van der Waals surface area contributed by atoms with Crippen molar-refractivity contribution in [1.29, 1.82) is 0 Å². The lowest BCUT2D eigenvalue weighted by Crippen LogP contribution is -2.30. The lowest BCUT2D eigenvalue weighted by atomic mass is 9.94. The van der Waals surface area contributed by atoms with Crippen LogP contribution in [0.1, 0.15) is 41.6 Å². The number of benzene rings is 3. The van der Waals surface area contributed by atoms with Crippen LogP contribution in [-0.4, -0.2) is 42.5 Å². The molecule has 1 aliphatic rings. The van der Waals surface area contributed by atoms with Crippen LogP contribution in [0.3, 0.4) is 0 Å². The van der Waals surface area contributed by atoms with E-state index in [1.54, 1.807) is 50.6 Å². The summed E-state index contributed by atoms with van der Waals surface area (Å²) in [7, 11) is 3.12. The molecule has 1 unspecified atom stereocenters. The molecule has 1 N–H and O–H groups in total. The summed E-state index contributed by atoms with van der Waals surface area (Å²) < 4.78 is 16.9. The predicted octanol–water partition coefficient (Wildman–Crippen LogP) is 5.42. The molecule has 1 heterocycles. The average Bonchev–Trinajstić information content (AvgIpc) is 3.17. The molecule has 1 amide bonds. The first-order valence-corrected chi connectivity index (χ1v) is 12.2. The van der Waals surface area contributed by atoms with Crippen LogP contribution >= 0.6 is 0 Å². The highest BCUT2D eigenvalue weighted by Crippen LogP contribution is 2.42. The molecule has 1 aliphatic heterocycles. The van der Waals surface area contributed by atoms with Crippen LogP contribution in [0.25, 0.3) is 5.76 Å². The third-order valence-corrected chi connectivity index (χ3v) is 6.41. The minimum atomic E-state index is -0.771. The van der Waals surface area contributed by atoms with Gasteiger partial charge in [-0.25, -0.2) is 0 Å². The van der Waals surface area contributed by atoms with Gasteiger partial charge < -0.3 is 24.2 Å². The van der Waals surface area contributed by atoms with Crippen LogP contribution in [0.2, 0.25) is 0 Å². The zero-order chi connectivity index (χ0) is 26.5. The highest BCUT2D eigenvalue weighted by molar-refractivity contribution is 6.46. The molecule has 1 fully saturated rings. The van der Waals surface area contributed by atoms with Crippen molar-refractivity contribution in [3.8, 4) is 17.2 Å². The summed E-state index contributed by atoms with van der Waals surface area (Å²) in [5.74, 6) is 0.0857. The Labute approximate surface area is 216 Å². The normalized spacial score (nSPS) is 16.6. The van der Waals surface area contributed by atoms with Crippen molar-refractivity contribution in [1.82, 2.24) is 4.90 Å². The molecular weight excluding hydrogens is 470 g/mol. The van der Waals surface area contributed by atoms with Gasteiger partial charge in [0.25, 0.3) is 11.7 Å². The van der Waals surface area contributed by atoms with Gasteiger partial charge in [-0.3, -0.25) is 9.59 Å². The molecule has 0 bridgehead atoms. The lowest BCUT2D eigenvalue weighted by molar-refractivity contribution is -0.139. The smallest absolute Gasteiger partial charge is 0.295 e. The van der Waals surface area contributed by atoms with Crippen molar-refractivity contribution >= 4 is 17.4 Å². The van der Waals surface area contributed by atoms with Crippen LogP contribution in [-0.2, 0) is 16.2 Å². The van der Waals surface area contributed by atoms with E-state index in [9.17, 15) is 14.7 Å². The van der Waals surface area contributed by atoms with Crippen molar-refractivity contribution < 1.29 is 28.9 Å². The second-order valence-corrected chi connectivity index (χ2v) is 8.86. The summed E-state index contributed by atoms with van der Waals surface area (Å²) in [6.07, 6.45) is 0.652. The zero-order valence-corrected chi connectivity index (χ0v) is 21.5. The van der Waals surface area contributed by atoms with Gasteiger partial charge in [0.05, 0.1) is 25.8 Å². The maximum atomic E-state index is 13.2. The van der Waals surface area contributed by atoms with E-state index in [1.807, 2.05) is 44.2 Å². The molecule has 0 aromatic heterocycles. The summed E-state index contributed by atoms with van der Waals surface area (Å²) in [4.78, 5) is 27.8. The number of amides is 1. The molecule has 192 valence electrons. The van der Waals surface area contributed by atoms with Gasteiger partial charge in [0.2, 0.25) is 0 Å². The van der Waals surface area contributed by atoms with E-state index in [2.05, 4.69) is 0 Å². The number of carbonyl (C=O) groups excluding carboxylic acids is 2. The van der Waals surface area contributed by atoms with Crippen LogP contribution in [0, 0.1) is 6.92 Å². The van der Waals surface area contributed by atoms with Crippen LogP contribution < -0.4 is 14.2 Å². The number of hydrogen-bond acceptors (Lipinski definition) is 6. The number of Topliss-reactive ketones (excluding diaryl/α,β-unsaturated/α-hetero) is 1. The van der Waals surface area contributed by atoms with E-state index in [0.29, 0.717) is 47.9 Å². The molecule has 3 aromatic rings. The monoisotopic (exact) mass is 501 g/mol. The van der Waals surface area contributed by atoms with Crippen LogP contribution in [0.4, 0.5) is 0 Å². The van der Waals surface area contributed by atoms with Crippen molar-refractivity contribution in [2.75, 3.05) is 20.8 Å². The maximum absolute atomic E-state index is 13.2. The number of nitrogens with zero attached hydrogens (tertiary/aromatic N) is 1. The maximum Gasteiger partial charge on any atom is 0.295 e. The molecule has 37 heavy (non-hydrogen) atoms. The Hall–Kier alpha value is -4.26. The van der Waals surface area contributed by atoms with E-state index in [1.165, 1.54) is 4.90 Å². The highest BCUT2D eigenvalue weighted by atomic mass is 16.5. The van der Waals surface area contributed by atoms with E-state index >= 15 is 0 Å². The fourth-order valence-corrected chi connectivity index (χ4v) is 4.59. The topological polar surface area (TPSA) is 85.3 Å². The van der Waals surface area contributed by atoms with Gasteiger partial charge in [0, 0.05) is 12.1 Å². The first kappa shape index (κ1) is 25.8. The molecule has 4 rings (SSSR count). The molecule has 0 spiro atoms. The second kappa shape index (κ2) is 11.2. The van der Waals surface area contributed by atoms with Gasteiger partial charge in [-0.2, -0.15) is 0 Å². The third kappa shape index (κ3) is 5.16. The molecule has 0 aliphatic carbocycles. The number of aryl methyl sites for hydroxylation is 1. The van der Waals surface area contributed by atoms with Crippen LogP contribution in [0.5, 0.6) is 17.2 Å². The number of ether oxygens (including phenoxy) is 3. The summed E-state index contributed by atoms with van der Waals surface area (Å²) in [5.41, 5.74) is 2.91. The third-order valence-electron chi connectivity index (χ3n) is 6.41. The van der Waals surface area contributed by atoms with Gasteiger partial charge in [0.15, 0.2) is 11.5 Å². The van der Waals surface area contributed by atoms with Crippen molar-refractivity contribution in [2.45, 2.75) is 32.9 Å². The Bertz CT molecular complexity index is 1330. The number of rotatable bonds is 9. The minimum absolute atomic E-state index is 0.0437. The number of ketones is 1. The summed E-state index contributed by atoms with van der Waals surface area (Å²) in [6.45, 7) is 4.47. The number of aliphatic hydroxyl groups excluding tert-OH is 1. The molecule has 0 saturated carbocycles. The number of carbonyl (C=O) groups is 2. The van der Waals surface area contributed by atoms with Gasteiger partial charge in [-0.1, -0.05) is 43.3 Å². The number of likely N-dealkylation sites (tertiary alicyclic amines) is 1. The Morgan fingerprint density at radius 3 is 2.27 bits per heavy atom. The van der Waals surface area contributed by atoms with Gasteiger partial charge >= 0.3 is 0 Å². The van der Waals surface area contributed by atoms with Crippen molar-refractivity contribution in [2.24, 2.45) is 0 Å². The standard InChI is InChI=1S/C30H31NO6/c1-5-15-31-27(21-11-14-24(36-4)25(17-21)37-18-20-9-7-6-8-10-20)26(29(33)30(31)34)28(32)22-12-13-23(35-3)19(2)16-22/h6-14,16-17,27,32H,5,15,18H2,1-4H3/b28-26-. The van der Waals surface area contributed by atoms with E-state index in [-0.39, 0.29) is 11.3 Å². The van der Waals surface area contributed by atoms with Gasteiger partial charge in [-0.05, 0) is 60.4 Å². The number of aliphatic hydroxyl groups is 1. The number of methoxy groups -OCH3 is 2.